The molecule has 22 heavy (non-hydrogen) atoms. The molecule has 2 aliphatic rings. The second kappa shape index (κ2) is 4.45. The first-order valence-electron chi connectivity index (χ1n) is 8.10. The molecule has 2 nitrogen and oxygen atoms in total. The van der Waals surface area contributed by atoms with Crippen molar-refractivity contribution < 1.29 is 9.31 Å². The lowest BCUT2D eigenvalue weighted by atomic mass is 9.91. The van der Waals surface area contributed by atoms with Gasteiger partial charge < -0.3 is 4.74 Å². The van der Waals surface area contributed by atoms with Gasteiger partial charge in [0.15, 0.2) is 5.54 Å². The minimum atomic E-state index is 0.121. The van der Waals surface area contributed by atoms with Crippen LogP contribution < -0.4 is 4.74 Å². The molecule has 2 heterocycles. The van der Waals surface area contributed by atoms with Crippen LogP contribution in [0, 0.1) is 0 Å². The van der Waals surface area contributed by atoms with Gasteiger partial charge in [0.2, 0.25) is 11.4 Å². The van der Waals surface area contributed by atoms with Crippen LogP contribution in [0.5, 0.6) is 5.75 Å². The van der Waals surface area contributed by atoms with Gasteiger partial charge in [-0.1, -0.05) is 18.2 Å². The summed E-state index contributed by atoms with van der Waals surface area (Å²) < 4.78 is 8.37. The van der Waals surface area contributed by atoms with Crippen molar-refractivity contribution in [1.29, 1.82) is 0 Å². The van der Waals surface area contributed by atoms with Gasteiger partial charge in [0.25, 0.3) is 0 Å². The Balaban J connectivity index is 2.08. The molecule has 0 amide bonds. The van der Waals surface area contributed by atoms with Crippen molar-refractivity contribution in [1.82, 2.24) is 0 Å². The summed E-state index contributed by atoms with van der Waals surface area (Å²) in [5, 5.41) is 2.57. The van der Waals surface area contributed by atoms with E-state index in [1.165, 1.54) is 33.3 Å². The molecule has 0 aromatic heterocycles. The molecule has 4 rings (SSSR count). The highest BCUT2D eigenvalue weighted by Gasteiger charge is 2.49. The maximum Gasteiger partial charge on any atom is 0.217 e. The van der Waals surface area contributed by atoms with Crippen LogP contribution >= 0.6 is 0 Å². The molecule has 2 aliphatic heterocycles. The number of nitrogens with zero attached hydrogens (tertiary/aromatic N) is 1. The molecule has 0 radical (unpaired) electrons. The Morgan fingerprint density at radius 1 is 1.23 bits per heavy atom. The number of allylic oxidation sites excluding steroid dienone is 1. The highest BCUT2D eigenvalue weighted by atomic mass is 16.5. The number of rotatable bonds is 2. The molecule has 0 atom stereocenters. The fourth-order valence-corrected chi connectivity index (χ4v) is 4.08. The molecule has 0 spiro atoms. The van der Waals surface area contributed by atoms with Crippen molar-refractivity contribution in [2.24, 2.45) is 0 Å². The van der Waals surface area contributed by atoms with Crippen LogP contribution in [0.1, 0.15) is 39.7 Å². The lowest BCUT2D eigenvalue weighted by Gasteiger charge is -2.16. The van der Waals surface area contributed by atoms with E-state index in [1.807, 2.05) is 6.92 Å². The first-order chi connectivity index (χ1) is 10.6. The van der Waals surface area contributed by atoms with Crippen LogP contribution in [0.2, 0.25) is 0 Å². The topological polar surface area (TPSA) is 12.2 Å². The van der Waals surface area contributed by atoms with Crippen molar-refractivity contribution in [3.63, 3.8) is 0 Å². The SMILES string of the molecule is CC=C1CC(C)(C)[N+]2=C1c1cccc3c(OCC)ccc2c13. The van der Waals surface area contributed by atoms with Crippen molar-refractivity contribution in [3.8, 4) is 5.75 Å². The first-order valence-corrected chi connectivity index (χ1v) is 8.10. The second-order valence-electron chi connectivity index (χ2n) is 6.73. The van der Waals surface area contributed by atoms with Crippen LogP contribution in [0.15, 0.2) is 42.0 Å². The third-order valence-corrected chi connectivity index (χ3v) is 4.88. The maximum absolute atomic E-state index is 5.84. The fraction of sp³-hybridized carbons (Fsp3) is 0.350. The quantitative estimate of drug-likeness (QED) is 0.723. The average molecular weight is 292 g/mol. The number of ether oxygens (including phenoxy) is 1. The second-order valence-corrected chi connectivity index (χ2v) is 6.73. The Labute approximate surface area is 131 Å². The Kier molecular flexibility index (Phi) is 2.75. The van der Waals surface area contributed by atoms with Crippen LogP contribution in [-0.4, -0.2) is 22.4 Å². The van der Waals surface area contributed by atoms with E-state index in [0.717, 1.165) is 12.2 Å². The molecule has 2 heteroatoms. The van der Waals surface area contributed by atoms with E-state index in [4.69, 9.17) is 4.74 Å². The lowest BCUT2D eigenvalue weighted by molar-refractivity contribution is -0.512. The molecule has 0 N–H and O–H groups in total. The van der Waals surface area contributed by atoms with E-state index in [0.29, 0.717) is 6.61 Å². The first kappa shape index (κ1) is 13.6. The smallest absolute Gasteiger partial charge is 0.217 e. The van der Waals surface area contributed by atoms with Gasteiger partial charge >= 0.3 is 0 Å². The predicted molar refractivity (Wildman–Crippen MR) is 91.6 cm³/mol. The molecule has 0 unspecified atom stereocenters. The zero-order valence-corrected chi connectivity index (χ0v) is 13.7. The summed E-state index contributed by atoms with van der Waals surface area (Å²) in [5.41, 5.74) is 5.64. The minimum Gasteiger partial charge on any atom is -0.493 e. The minimum absolute atomic E-state index is 0.121. The fourth-order valence-electron chi connectivity index (χ4n) is 4.08. The zero-order valence-electron chi connectivity index (χ0n) is 13.7. The Morgan fingerprint density at radius 2 is 2.05 bits per heavy atom. The van der Waals surface area contributed by atoms with E-state index in [2.05, 4.69) is 61.8 Å². The van der Waals surface area contributed by atoms with Gasteiger partial charge in [-0.05, 0) is 26.0 Å². The molecule has 112 valence electrons. The van der Waals surface area contributed by atoms with E-state index < -0.39 is 0 Å². The standard InChI is InChI=1S/C20H22NO/c1-5-13-12-20(3,4)21-16-10-11-17(22-6-2)14-8-7-9-15(18(14)16)19(13)21/h5,7-11H,6,12H2,1-4H3/q+1. The number of hydrogen-bond donors (Lipinski definition) is 0. The van der Waals surface area contributed by atoms with Crippen molar-refractivity contribution in [2.45, 2.75) is 39.7 Å². The van der Waals surface area contributed by atoms with E-state index in [9.17, 15) is 0 Å². The van der Waals surface area contributed by atoms with Crippen LogP contribution in [0.4, 0.5) is 5.69 Å². The number of hydrogen-bond acceptors (Lipinski definition) is 1. The van der Waals surface area contributed by atoms with Gasteiger partial charge in [-0.25, -0.2) is 0 Å². The van der Waals surface area contributed by atoms with E-state index in [-0.39, 0.29) is 5.54 Å². The Morgan fingerprint density at radius 3 is 2.77 bits per heavy atom. The molecular weight excluding hydrogens is 270 g/mol. The number of benzene rings is 2. The van der Waals surface area contributed by atoms with Gasteiger partial charge in [0.1, 0.15) is 5.75 Å². The van der Waals surface area contributed by atoms with Crippen molar-refractivity contribution >= 4 is 22.2 Å². The molecule has 2 aromatic carbocycles. The molecule has 0 aliphatic carbocycles. The van der Waals surface area contributed by atoms with Crippen LogP contribution in [-0.2, 0) is 0 Å². The van der Waals surface area contributed by atoms with Gasteiger partial charge in [-0.3, -0.25) is 0 Å². The van der Waals surface area contributed by atoms with Gasteiger partial charge in [-0.2, -0.15) is 4.58 Å². The summed E-state index contributed by atoms with van der Waals surface area (Å²) in [5.74, 6) is 0.990. The van der Waals surface area contributed by atoms with E-state index in [1.54, 1.807) is 0 Å². The average Bonchev–Trinajstić information content (AvgIpc) is 2.98. The summed E-state index contributed by atoms with van der Waals surface area (Å²) in [7, 11) is 0. The summed E-state index contributed by atoms with van der Waals surface area (Å²) in [6.07, 6.45) is 3.37. The van der Waals surface area contributed by atoms with Gasteiger partial charge in [0.05, 0.1) is 17.6 Å². The molecule has 0 fully saturated rings. The molecular formula is C20H22NO+. The zero-order chi connectivity index (χ0) is 15.5. The highest BCUT2D eigenvalue weighted by Crippen LogP contribution is 2.48. The summed E-state index contributed by atoms with van der Waals surface area (Å²) in [6, 6.07) is 10.9. The van der Waals surface area contributed by atoms with Crippen molar-refractivity contribution in [3.05, 3.63) is 47.5 Å². The Bertz CT molecular complexity index is 855. The summed E-state index contributed by atoms with van der Waals surface area (Å²) >= 11 is 0. The molecule has 0 saturated heterocycles. The molecule has 2 aromatic rings. The van der Waals surface area contributed by atoms with Crippen LogP contribution in [0.3, 0.4) is 0 Å². The summed E-state index contributed by atoms with van der Waals surface area (Å²) in [6.45, 7) is 9.55. The van der Waals surface area contributed by atoms with Gasteiger partial charge in [-0.15, -0.1) is 0 Å². The highest BCUT2D eigenvalue weighted by molar-refractivity contribution is 6.23. The number of fused-ring (bicyclic) bond motifs is 2. The Hall–Kier alpha value is -2.09. The maximum atomic E-state index is 5.84. The largest absolute Gasteiger partial charge is 0.493 e. The third kappa shape index (κ3) is 1.58. The normalized spacial score (nSPS) is 20.1. The monoisotopic (exact) mass is 292 g/mol. The molecule has 0 bridgehead atoms. The van der Waals surface area contributed by atoms with Gasteiger partial charge in [0, 0.05) is 37.3 Å². The predicted octanol–water partition coefficient (Wildman–Crippen LogP) is 4.81. The third-order valence-electron chi connectivity index (χ3n) is 4.88. The lowest BCUT2D eigenvalue weighted by Crippen LogP contribution is -2.28. The van der Waals surface area contributed by atoms with Crippen LogP contribution in [0.25, 0.3) is 10.8 Å². The van der Waals surface area contributed by atoms with E-state index >= 15 is 0 Å². The van der Waals surface area contributed by atoms with Crippen molar-refractivity contribution in [2.75, 3.05) is 6.61 Å². The molecule has 0 saturated carbocycles. The summed E-state index contributed by atoms with van der Waals surface area (Å²) in [4.78, 5) is 0.